The normalized spacial score (nSPS) is 32.3. The number of carbonyl (C=O) groups is 1. The highest BCUT2D eigenvalue weighted by molar-refractivity contribution is 5.84. The van der Waals surface area contributed by atoms with Crippen molar-refractivity contribution in [3.63, 3.8) is 0 Å². The van der Waals surface area contributed by atoms with Crippen LogP contribution in [0.25, 0.3) is 0 Å². The molecule has 0 radical (unpaired) electrons. The van der Waals surface area contributed by atoms with Gasteiger partial charge in [-0.3, -0.25) is 4.79 Å². The van der Waals surface area contributed by atoms with Crippen LogP contribution in [0.1, 0.15) is 40.0 Å². The molecule has 0 aliphatic heterocycles. The molecule has 1 nitrogen and oxygen atoms in total. The van der Waals surface area contributed by atoms with Crippen molar-refractivity contribution in [1.29, 1.82) is 0 Å². The van der Waals surface area contributed by atoms with Gasteiger partial charge in [0, 0.05) is 11.8 Å². The highest BCUT2D eigenvalue weighted by atomic mass is 16.1. The van der Waals surface area contributed by atoms with Crippen LogP contribution in [0.15, 0.2) is 0 Å². The molecule has 1 aliphatic rings. The highest BCUT2D eigenvalue weighted by Crippen LogP contribution is 2.34. The van der Waals surface area contributed by atoms with Gasteiger partial charge in [0.15, 0.2) is 0 Å². The van der Waals surface area contributed by atoms with Crippen molar-refractivity contribution >= 4 is 5.78 Å². The molecule has 1 saturated carbocycles. The van der Waals surface area contributed by atoms with Gasteiger partial charge in [-0.15, -0.1) is 0 Å². The van der Waals surface area contributed by atoms with E-state index in [1.54, 1.807) is 0 Å². The van der Waals surface area contributed by atoms with Crippen LogP contribution < -0.4 is 0 Å². The molecule has 1 fully saturated rings. The molecule has 0 aromatic rings. The summed E-state index contributed by atoms with van der Waals surface area (Å²) in [7, 11) is 0. The molecule has 1 aliphatic carbocycles. The van der Waals surface area contributed by atoms with E-state index in [-0.39, 0.29) is 5.41 Å². The summed E-state index contributed by atoms with van der Waals surface area (Å²) >= 11 is 0. The van der Waals surface area contributed by atoms with Crippen LogP contribution in [-0.2, 0) is 4.79 Å². The van der Waals surface area contributed by atoms with Crippen LogP contribution >= 0.6 is 0 Å². The molecule has 1 atom stereocenters. The summed E-state index contributed by atoms with van der Waals surface area (Å²) in [4.78, 5) is 11.3. The molecular weight excluding hydrogens is 124 g/mol. The van der Waals surface area contributed by atoms with Crippen LogP contribution in [0, 0.1) is 11.3 Å². The molecule has 0 bridgehead atoms. The predicted octanol–water partition coefficient (Wildman–Crippen LogP) is 2.40. The first kappa shape index (κ1) is 7.77. The summed E-state index contributed by atoms with van der Waals surface area (Å²) in [5, 5.41) is 0. The zero-order valence-corrected chi connectivity index (χ0v) is 7.11. The van der Waals surface area contributed by atoms with Crippen molar-refractivity contribution in [3.8, 4) is 0 Å². The zero-order valence-electron chi connectivity index (χ0n) is 7.11. The van der Waals surface area contributed by atoms with Crippen LogP contribution in [0.4, 0.5) is 0 Å². The number of carbonyl (C=O) groups excluding carboxylic acids is 1. The van der Waals surface area contributed by atoms with E-state index in [0.29, 0.717) is 11.7 Å². The lowest BCUT2D eigenvalue weighted by molar-refractivity contribution is -0.130. The first-order chi connectivity index (χ1) is 4.52. The van der Waals surface area contributed by atoms with Gasteiger partial charge in [0.2, 0.25) is 0 Å². The fourth-order valence-corrected chi connectivity index (χ4v) is 1.44. The Hall–Kier alpha value is -0.330. The van der Waals surface area contributed by atoms with Gasteiger partial charge in [0.25, 0.3) is 0 Å². The summed E-state index contributed by atoms with van der Waals surface area (Å²) in [6.07, 6.45) is 3.10. The van der Waals surface area contributed by atoms with Gasteiger partial charge in [-0.2, -0.15) is 0 Å². The Kier molecular flexibility index (Phi) is 1.84. The first-order valence-electron chi connectivity index (χ1n) is 4.06. The monoisotopic (exact) mass is 140 g/mol. The van der Waals surface area contributed by atoms with Crippen molar-refractivity contribution in [2.24, 2.45) is 11.3 Å². The lowest BCUT2D eigenvalue weighted by Gasteiger charge is -2.30. The second-order valence-corrected chi connectivity index (χ2v) is 4.16. The van der Waals surface area contributed by atoms with Gasteiger partial charge in [-0.25, -0.2) is 0 Å². The van der Waals surface area contributed by atoms with E-state index in [9.17, 15) is 4.79 Å². The summed E-state index contributed by atoms with van der Waals surface area (Å²) in [6, 6.07) is 0. The van der Waals surface area contributed by atoms with Crippen molar-refractivity contribution < 1.29 is 4.79 Å². The minimum atomic E-state index is -0.0213. The predicted molar refractivity (Wildman–Crippen MR) is 41.8 cm³/mol. The zero-order chi connectivity index (χ0) is 7.78. The van der Waals surface area contributed by atoms with E-state index in [4.69, 9.17) is 0 Å². The third-order valence-electron chi connectivity index (χ3n) is 2.55. The smallest absolute Gasteiger partial charge is 0.138 e. The molecule has 0 aromatic heterocycles. The highest BCUT2D eigenvalue weighted by Gasteiger charge is 2.32. The summed E-state index contributed by atoms with van der Waals surface area (Å²) in [5.41, 5.74) is -0.0213. The maximum Gasteiger partial charge on any atom is 0.138 e. The number of hydrogen-bond donors (Lipinski definition) is 0. The standard InChI is InChI=1S/C9H16O/c1-7-4-5-9(2,3)8(10)6-7/h7H,4-6H2,1-3H3. The van der Waals surface area contributed by atoms with E-state index in [0.717, 1.165) is 12.8 Å². The number of Topliss-reactive ketones (excluding diaryl/α,β-unsaturated/α-hetero) is 1. The van der Waals surface area contributed by atoms with Crippen molar-refractivity contribution in [1.82, 2.24) is 0 Å². The van der Waals surface area contributed by atoms with Crippen molar-refractivity contribution in [2.45, 2.75) is 40.0 Å². The maximum atomic E-state index is 11.3. The van der Waals surface area contributed by atoms with Crippen LogP contribution in [0.3, 0.4) is 0 Å². The van der Waals surface area contributed by atoms with Crippen LogP contribution in [0.2, 0.25) is 0 Å². The average molecular weight is 140 g/mol. The first-order valence-corrected chi connectivity index (χ1v) is 4.06. The molecule has 0 amide bonds. The number of hydrogen-bond acceptors (Lipinski definition) is 1. The SMILES string of the molecule is CC1CCC(C)(C)C(=O)C1. The minimum Gasteiger partial charge on any atom is -0.299 e. The molecule has 1 unspecified atom stereocenters. The van der Waals surface area contributed by atoms with Crippen molar-refractivity contribution in [3.05, 3.63) is 0 Å². The lowest BCUT2D eigenvalue weighted by atomic mass is 9.73. The Morgan fingerprint density at radius 2 is 2.10 bits per heavy atom. The molecule has 0 spiro atoms. The maximum absolute atomic E-state index is 11.3. The van der Waals surface area contributed by atoms with Gasteiger partial charge in [0.05, 0.1) is 0 Å². The second kappa shape index (κ2) is 2.37. The fraction of sp³-hybridized carbons (Fsp3) is 0.889. The third-order valence-corrected chi connectivity index (χ3v) is 2.55. The van der Waals surface area contributed by atoms with Gasteiger partial charge in [0.1, 0.15) is 5.78 Å². The molecule has 1 heteroatoms. The molecule has 0 saturated heterocycles. The quantitative estimate of drug-likeness (QED) is 0.505. The summed E-state index contributed by atoms with van der Waals surface area (Å²) in [5.74, 6) is 1.08. The Morgan fingerprint density at radius 3 is 2.50 bits per heavy atom. The van der Waals surface area contributed by atoms with E-state index in [2.05, 4.69) is 20.8 Å². The van der Waals surface area contributed by atoms with E-state index >= 15 is 0 Å². The Bertz CT molecular complexity index is 147. The molecule has 1 rings (SSSR count). The van der Waals surface area contributed by atoms with E-state index < -0.39 is 0 Å². The fourth-order valence-electron chi connectivity index (χ4n) is 1.44. The van der Waals surface area contributed by atoms with Crippen LogP contribution in [0.5, 0.6) is 0 Å². The Morgan fingerprint density at radius 1 is 1.50 bits per heavy atom. The van der Waals surface area contributed by atoms with E-state index in [1.165, 1.54) is 6.42 Å². The van der Waals surface area contributed by atoms with Gasteiger partial charge in [-0.05, 0) is 18.8 Å². The summed E-state index contributed by atoms with van der Waals surface area (Å²) in [6.45, 7) is 6.27. The average Bonchev–Trinajstić information content (AvgIpc) is 1.81. The molecule has 0 aromatic carbocycles. The lowest BCUT2D eigenvalue weighted by Crippen LogP contribution is -2.30. The number of ketones is 1. The third kappa shape index (κ3) is 1.39. The topological polar surface area (TPSA) is 17.1 Å². The molecule has 0 N–H and O–H groups in total. The van der Waals surface area contributed by atoms with Crippen LogP contribution in [-0.4, -0.2) is 5.78 Å². The number of rotatable bonds is 0. The molecular formula is C9H16O. The minimum absolute atomic E-state index is 0.0213. The van der Waals surface area contributed by atoms with Gasteiger partial charge in [-0.1, -0.05) is 20.8 Å². The van der Waals surface area contributed by atoms with Gasteiger partial charge < -0.3 is 0 Å². The molecule has 58 valence electrons. The molecule has 0 heterocycles. The Labute approximate surface area is 62.8 Å². The van der Waals surface area contributed by atoms with Gasteiger partial charge >= 0.3 is 0 Å². The second-order valence-electron chi connectivity index (χ2n) is 4.16. The molecule has 10 heavy (non-hydrogen) atoms. The van der Waals surface area contributed by atoms with E-state index in [1.807, 2.05) is 0 Å². The largest absolute Gasteiger partial charge is 0.299 e. The van der Waals surface area contributed by atoms with Crippen molar-refractivity contribution in [2.75, 3.05) is 0 Å². The summed E-state index contributed by atoms with van der Waals surface area (Å²) < 4.78 is 0. The Balaban J connectivity index is 2.61.